The molecule has 0 unspecified atom stereocenters. The van der Waals surface area contributed by atoms with Crippen LogP contribution in [0.15, 0.2) is 30.3 Å². The van der Waals surface area contributed by atoms with Crippen LogP contribution in [0.5, 0.6) is 0 Å². The van der Waals surface area contributed by atoms with Crippen LogP contribution < -0.4 is 0 Å². The molecule has 0 heterocycles. The average molecular weight is 278 g/mol. The number of hydrogen-bond acceptors (Lipinski definition) is 5. The van der Waals surface area contributed by atoms with E-state index in [4.69, 9.17) is 9.47 Å². The zero-order chi connectivity index (χ0) is 15.0. The van der Waals surface area contributed by atoms with Gasteiger partial charge < -0.3 is 14.3 Å². The van der Waals surface area contributed by atoms with E-state index in [1.165, 1.54) is 0 Å². The van der Waals surface area contributed by atoms with Gasteiger partial charge in [-0.15, -0.1) is 0 Å². The predicted octanol–water partition coefficient (Wildman–Crippen LogP) is 1.71. The van der Waals surface area contributed by atoms with Gasteiger partial charge in [0.2, 0.25) is 0 Å². The van der Waals surface area contributed by atoms with Gasteiger partial charge in [-0.2, -0.15) is 0 Å². The zero-order valence-electron chi connectivity index (χ0n) is 11.6. The van der Waals surface area contributed by atoms with Crippen LogP contribution in [0.3, 0.4) is 0 Å². The van der Waals surface area contributed by atoms with Gasteiger partial charge in [0, 0.05) is 0 Å². The van der Waals surface area contributed by atoms with Gasteiger partial charge in [-0.05, 0) is 19.4 Å². The molecule has 0 aliphatic rings. The first-order chi connectivity index (χ1) is 9.65. The molecule has 5 nitrogen and oxygen atoms in total. The van der Waals surface area contributed by atoms with E-state index in [-0.39, 0.29) is 13.2 Å². The summed E-state index contributed by atoms with van der Waals surface area (Å²) < 4.78 is 9.81. The fraction of sp³-hybridized carbons (Fsp3) is 0.400. The molecule has 0 N–H and O–H groups in total. The van der Waals surface area contributed by atoms with Crippen molar-refractivity contribution in [2.75, 3.05) is 13.2 Å². The highest BCUT2D eigenvalue weighted by Gasteiger charge is 2.37. The van der Waals surface area contributed by atoms with Crippen molar-refractivity contribution < 1.29 is 23.9 Å². The van der Waals surface area contributed by atoms with Crippen molar-refractivity contribution >= 4 is 18.2 Å². The maximum atomic E-state index is 12.1. The van der Waals surface area contributed by atoms with Crippen LogP contribution >= 0.6 is 0 Å². The van der Waals surface area contributed by atoms with Crippen LogP contribution in [0.1, 0.15) is 25.3 Å². The Hall–Kier alpha value is -2.17. The fourth-order valence-electron chi connectivity index (χ4n) is 1.89. The summed E-state index contributed by atoms with van der Waals surface area (Å²) in [5, 5.41) is 0. The highest BCUT2D eigenvalue weighted by Crippen LogP contribution is 2.26. The van der Waals surface area contributed by atoms with E-state index in [9.17, 15) is 14.4 Å². The van der Waals surface area contributed by atoms with E-state index < -0.39 is 23.8 Å². The highest BCUT2D eigenvalue weighted by atomic mass is 16.5. The van der Waals surface area contributed by atoms with E-state index in [2.05, 4.69) is 0 Å². The van der Waals surface area contributed by atoms with Crippen LogP contribution in [0.4, 0.5) is 0 Å². The highest BCUT2D eigenvalue weighted by molar-refractivity contribution is 5.96. The minimum atomic E-state index is -1.20. The smallest absolute Gasteiger partial charge is 0.317 e. The molecule has 0 aliphatic heterocycles. The maximum Gasteiger partial charge on any atom is 0.317 e. The third kappa shape index (κ3) is 3.91. The van der Waals surface area contributed by atoms with Crippen molar-refractivity contribution in [3.05, 3.63) is 35.9 Å². The van der Waals surface area contributed by atoms with Crippen molar-refractivity contribution in [2.45, 2.75) is 19.8 Å². The summed E-state index contributed by atoms with van der Waals surface area (Å²) in [6.07, 6.45) is 0.437. The molecular weight excluding hydrogens is 260 g/mol. The summed E-state index contributed by atoms with van der Waals surface area (Å²) in [5.74, 6) is -3.50. The number of benzene rings is 1. The lowest BCUT2D eigenvalue weighted by molar-refractivity contribution is -0.157. The first-order valence-corrected chi connectivity index (χ1v) is 6.49. The van der Waals surface area contributed by atoms with E-state index in [1.807, 2.05) is 0 Å². The molecule has 1 aromatic rings. The largest absolute Gasteiger partial charge is 0.465 e. The van der Waals surface area contributed by atoms with Gasteiger partial charge >= 0.3 is 11.9 Å². The van der Waals surface area contributed by atoms with Gasteiger partial charge in [0.05, 0.1) is 13.2 Å². The van der Waals surface area contributed by atoms with Crippen molar-refractivity contribution in [1.29, 1.82) is 0 Å². The van der Waals surface area contributed by atoms with Crippen molar-refractivity contribution in [2.24, 2.45) is 5.92 Å². The third-order valence-corrected chi connectivity index (χ3v) is 2.76. The lowest BCUT2D eigenvalue weighted by Crippen LogP contribution is -2.32. The van der Waals surface area contributed by atoms with Gasteiger partial charge in [-0.25, -0.2) is 0 Å². The number of rotatable bonds is 7. The summed E-state index contributed by atoms with van der Waals surface area (Å²) in [7, 11) is 0. The molecule has 0 saturated heterocycles. The van der Waals surface area contributed by atoms with Crippen molar-refractivity contribution in [3.63, 3.8) is 0 Å². The third-order valence-electron chi connectivity index (χ3n) is 2.76. The Morgan fingerprint density at radius 3 is 2.10 bits per heavy atom. The second kappa shape index (κ2) is 8.09. The quantitative estimate of drug-likeness (QED) is 0.431. The standard InChI is InChI=1S/C15H18O5/c1-3-19-14(17)12(10-16)13(15(18)20-4-2)11-8-6-5-7-9-11/h5-10,12-13H,3-4H2,1-2H3/t12-,13+/m0/s1. The van der Waals surface area contributed by atoms with Gasteiger partial charge in [0.25, 0.3) is 0 Å². The molecule has 1 aromatic carbocycles. The van der Waals surface area contributed by atoms with Gasteiger partial charge in [-0.3, -0.25) is 9.59 Å². The Morgan fingerprint density at radius 1 is 1.05 bits per heavy atom. The summed E-state index contributed by atoms with van der Waals surface area (Å²) in [5.41, 5.74) is 0.552. The average Bonchev–Trinajstić information content (AvgIpc) is 2.45. The Labute approximate surface area is 117 Å². The van der Waals surface area contributed by atoms with Crippen LogP contribution in [0.2, 0.25) is 0 Å². The molecule has 20 heavy (non-hydrogen) atoms. The van der Waals surface area contributed by atoms with Crippen LogP contribution in [-0.2, 0) is 23.9 Å². The van der Waals surface area contributed by atoms with Crippen LogP contribution in [0, 0.1) is 5.92 Å². The number of carbonyl (C=O) groups is 3. The van der Waals surface area contributed by atoms with E-state index in [0.717, 1.165) is 0 Å². The topological polar surface area (TPSA) is 69.7 Å². The van der Waals surface area contributed by atoms with Gasteiger partial charge in [-0.1, -0.05) is 30.3 Å². The second-order valence-electron chi connectivity index (χ2n) is 4.05. The van der Waals surface area contributed by atoms with E-state index in [1.54, 1.807) is 44.2 Å². The number of carbonyl (C=O) groups excluding carboxylic acids is 3. The maximum absolute atomic E-state index is 12.1. The monoisotopic (exact) mass is 278 g/mol. The van der Waals surface area contributed by atoms with Gasteiger partial charge in [0.1, 0.15) is 18.1 Å². The number of aldehydes is 1. The summed E-state index contributed by atoms with van der Waals surface area (Å²) in [6.45, 7) is 3.63. The normalized spacial score (nSPS) is 13.1. The number of ether oxygens (including phenoxy) is 2. The molecule has 0 radical (unpaired) electrons. The van der Waals surface area contributed by atoms with Crippen molar-refractivity contribution in [1.82, 2.24) is 0 Å². The Kier molecular flexibility index (Phi) is 6.43. The number of hydrogen-bond donors (Lipinski definition) is 0. The molecule has 5 heteroatoms. The Bertz CT molecular complexity index is 455. The van der Waals surface area contributed by atoms with Gasteiger partial charge in [0.15, 0.2) is 0 Å². The fourth-order valence-corrected chi connectivity index (χ4v) is 1.89. The van der Waals surface area contributed by atoms with Crippen LogP contribution in [-0.4, -0.2) is 31.4 Å². The molecule has 1 rings (SSSR count). The first-order valence-electron chi connectivity index (χ1n) is 6.49. The zero-order valence-corrected chi connectivity index (χ0v) is 11.6. The van der Waals surface area contributed by atoms with E-state index in [0.29, 0.717) is 11.8 Å². The predicted molar refractivity (Wildman–Crippen MR) is 72.0 cm³/mol. The minimum absolute atomic E-state index is 0.146. The molecule has 0 amide bonds. The first kappa shape index (κ1) is 15.9. The second-order valence-corrected chi connectivity index (χ2v) is 4.05. The summed E-state index contributed by atoms with van der Waals surface area (Å²) >= 11 is 0. The lowest BCUT2D eigenvalue weighted by atomic mass is 9.87. The summed E-state index contributed by atoms with van der Waals surface area (Å²) in [6, 6.07) is 8.60. The molecular formula is C15H18O5. The van der Waals surface area contributed by atoms with Crippen LogP contribution in [0.25, 0.3) is 0 Å². The molecule has 2 atom stereocenters. The summed E-state index contributed by atoms with van der Waals surface area (Å²) in [4.78, 5) is 35.1. The van der Waals surface area contributed by atoms with E-state index >= 15 is 0 Å². The molecule has 0 spiro atoms. The Morgan fingerprint density at radius 2 is 1.60 bits per heavy atom. The number of esters is 2. The molecule has 0 aromatic heterocycles. The lowest BCUT2D eigenvalue weighted by Gasteiger charge is -2.20. The molecule has 0 saturated carbocycles. The Balaban J connectivity index is 3.12. The molecule has 0 bridgehead atoms. The minimum Gasteiger partial charge on any atom is -0.465 e. The molecule has 108 valence electrons. The van der Waals surface area contributed by atoms with Crippen molar-refractivity contribution in [3.8, 4) is 0 Å². The molecule has 0 aliphatic carbocycles. The SMILES string of the molecule is CCOC(=O)[C@@H](C=O)[C@H](C(=O)OCC)c1ccccc1. The molecule has 0 fully saturated rings.